The summed E-state index contributed by atoms with van der Waals surface area (Å²) in [6.45, 7) is 0. The second kappa shape index (κ2) is 4.63. The topological polar surface area (TPSA) is 17.3 Å². The van der Waals surface area contributed by atoms with Crippen molar-refractivity contribution < 1.29 is 0 Å². The van der Waals surface area contributed by atoms with Crippen LogP contribution < -0.4 is 0 Å². The first-order valence-electron chi connectivity index (χ1n) is 5.48. The number of halogens is 1. The van der Waals surface area contributed by atoms with Crippen molar-refractivity contribution in [1.29, 1.82) is 0 Å². The van der Waals surface area contributed by atoms with Crippen LogP contribution in [-0.2, 0) is 12.8 Å². The molecule has 0 saturated heterocycles. The maximum Gasteiger partial charge on any atom is 0.132 e. The van der Waals surface area contributed by atoms with Crippen molar-refractivity contribution in [2.24, 2.45) is 0 Å². The molecule has 2 nitrogen and oxygen atoms in total. The van der Waals surface area contributed by atoms with Crippen molar-refractivity contribution in [3.05, 3.63) is 57.2 Å². The summed E-state index contributed by atoms with van der Waals surface area (Å²) in [5.74, 6) is 1.11. The molecule has 86 valence electrons. The number of hydrogen-bond acceptors (Lipinski definition) is 2. The van der Waals surface area contributed by atoms with Gasteiger partial charge in [-0.05, 0) is 45.9 Å². The normalized spacial score (nSPS) is 11.1. The number of hydrogen-bond donors (Lipinski definition) is 0. The highest BCUT2D eigenvalue weighted by atomic mass is 79.9. The molecule has 3 heterocycles. The molecule has 0 aliphatic rings. The lowest BCUT2D eigenvalue weighted by molar-refractivity contribution is 0.861. The van der Waals surface area contributed by atoms with Gasteiger partial charge in [-0.15, -0.1) is 11.3 Å². The highest BCUT2D eigenvalue weighted by Gasteiger charge is 2.08. The van der Waals surface area contributed by atoms with Crippen LogP contribution in [0.2, 0.25) is 0 Å². The molecule has 4 heteroatoms. The van der Waals surface area contributed by atoms with E-state index in [-0.39, 0.29) is 0 Å². The molecule has 0 aliphatic carbocycles. The summed E-state index contributed by atoms with van der Waals surface area (Å²) in [6.07, 6.45) is 4.09. The molecule has 0 aromatic carbocycles. The Kier molecular flexibility index (Phi) is 2.99. The van der Waals surface area contributed by atoms with Crippen LogP contribution in [0.3, 0.4) is 0 Å². The molecule has 3 rings (SSSR count). The van der Waals surface area contributed by atoms with Gasteiger partial charge in [0.05, 0.1) is 5.52 Å². The third-order valence-corrected chi connectivity index (χ3v) is 4.27. The molecule has 3 aromatic rings. The minimum Gasteiger partial charge on any atom is -0.303 e. The summed E-state index contributed by atoms with van der Waals surface area (Å²) < 4.78 is 3.08. The Morgan fingerprint density at radius 2 is 2.12 bits per heavy atom. The summed E-state index contributed by atoms with van der Waals surface area (Å²) in [6, 6.07) is 10.4. The number of imidazole rings is 1. The smallest absolute Gasteiger partial charge is 0.132 e. The number of pyridine rings is 1. The van der Waals surface area contributed by atoms with E-state index in [0.717, 1.165) is 28.8 Å². The average Bonchev–Trinajstić information content (AvgIpc) is 2.96. The first-order valence-corrected chi connectivity index (χ1v) is 7.16. The van der Waals surface area contributed by atoms with E-state index in [9.17, 15) is 0 Å². The number of fused-ring (bicyclic) bond motifs is 1. The zero-order valence-corrected chi connectivity index (χ0v) is 11.5. The number of aromatic nitrogens is 2. The molecule has 0 atom stereocenters. The number of nitrogens with zero attached hydrogens (tertiary/aromatic N) is 2. The van der Waals surface area contributed by atoms with Gasteiger partial charge in [-0.2, -0.15) is 0 Å². The predicted octanol–water partition coefficient (Wildman–Crippen LogP) is 3.94. The fraction of sp³-hybridized carbons (Fsp3) is 0.154. The molecule has 0 bridgehead atoms. The fourth-order valence-electron chi connectivity index (χ4n) is 1.93. The van der Waals surface area contributed by atoms with Gasteiger partial charge in [-0.3, -0.25) is 0 Å². The van der Waals surface area contributed by atoms with Crippen LogP contribution in [0.5, 0.6) is 0 Å². The van der Waals surface area contributed by atoms with Crippen LogP contribution in [-0.4, -0.2) is 9.38 Å². The molecule has 0 aliphatic heterocycles. The molecule has 17 heavy (non-hydrogen) atoms. The van der Waals surface area contributed by atoms with Gasteiger partial charge in [0.25, 0.3) is 0 Å². The number of aryl methyl sites for hydroxylation is 2. The first kappa shape index (κ1) is 11.0. The van der Waals surface area contributed by atoms with E-state index < -0.39 is 0 Å². The molecule has 3 aromatic heterocycles. The van der Waals surface area contributed by atoms with Crippen LogP contribution in [0.1, 0.15) is 10.7 Å². The van der Waals surface area contributed by atoms with Gasteiger partial charge < -0.3 is 4.40 Å². The Hall–Kier alpha value is -1.13. The minimum absolute atomic E-state index is 0.930. The SMILES string of the molecule is Brc1nc(CCc2cccs2)n2ccccc12. The molecule has 0 saturated carbocycles. The molecule has 0 radical (unpaired) electrons. The monoisotopic (exact) mass is 306 g/mol. The van der Waals surface area contributed by atoms with Crippen molar-refractivity contribution >= 4 is 32.8 Å². The average molecular weight is 307 g/mol. The lowest BCUT2D eigenvalue weighted by Gasteiger charge is -1.99. The van der Waals surface area contributed by atoms with E-state index in [4.69, 9.17) is 0 Å². The van der Waals surface area contributed by atoms with Gasteiger partial charge in [-0.1, -0.05) is 12.1 Å². The van der Waals surface area contributed by atoms with Crippen LogP contribution in [0.4, 0.5) is 0 Å². The van der Waals surface area contributed by atoms with Gasteiger partial charge in [0, 0.05) is 17.5 Å². The standard InChI is InChI=1S/C13H11BrN2S/c14-13-11-5-1-2-8-16(11)12(15-13)7-6-10-4-3-9-17-10/h1-5,8-9H,6-7H2. The van der Waals surface area contributed by atoms with Crippen LogP contribution in [0.25, 0.3) is 5.52 Å². The van der Waals surface area contributed by atoms with E-state index in [0.29, 0.717) is 0 Å². The Morgan fingerprint density at radius 1 is 1.18 bits per heavy atom. The maximum atomic E-state index is 4.57. The molecule has 0 fully saturated rings. The van der Waals surface area contributed by atoms with Gasteiger partial charge in [0.1, 0.15) is 10.4 Å². The highest BCUT2D eigenvalue weighted by Crippen LogP contribution is 2.20. The lowest BCUT2D eigenvalue weighted by Crippen LogP contribution is -1.96. The Labute approximate surface area is 112 Å². The van der Waals surface area contributed by atoms with Gasteiger partial charge in [0.15, 0.2) is 0 Å². The summed E-state index contributed by atoms with van der Waals surface area (Å²) in [5.41, 5.74) is 1.13. The van der Waals surface area contributed by atoms with Crippen molar-refractivity contribution in [2.45, 2.75) is 12.8 Å². The van der Waals surface area contributed by atoms with Crippen LogP contribution >= 0.6 is 27.3 Å². The van der Waals surface area contributed by atoms with Crippen LogP contribution in [0, 0.1) is 0 Å². The van der Waals surface area contributed by atoms with Crippen molar-refractivity contribution in [1.82, 2.24) is 9.38 Å². The Bertz CT molecular complexity index is 628. The van der Waals surface area contributed by atoms with Crippen LogP contribution in [0.15, 0.2) is 46.5 Å². The molecule has 0 N–H and O–H groups in total. The van der Waals surface area contributed by atoms with Crippen molar-refractivity contribution in [2.75, 3.05) is 0 Å². The Balaban J connectivity index is 1.90. The minimum atomic E-state index is 0.930. The third-order valence-electron chi connectivity index (χ3n) is 2.75. The first-order chi connectivity index (χ1) is 8.34. The molecular formula is C13H11BrN2S. The van der Waals surface area contributed by atoms with Crippen molar-refractivity contribution in [3.63, 3.8) is 0 Å². The van der Waals surface area contributed by atoms with Gasteiger partial charge in [-0.25, -0.2) is 4.98 Å². The van der Waals surface area contributed by atoms with E-state index >= 15 is 0 Å². The van der Waals surface area contributed by atoms with E-state index in [1.165, 1.54) is 4.88 Å². The second-order valence-corrected chi connectivity index (χ2v) is 5.64. The van der Waals surface area contributed by atoms with E-state index in [2.05, 4.69) is 55.1 Å². The zero-order valence-electron chi connectivity index (χ0n) is 9.14. The fourth-order valence-corrected chi connectivity index (χ4v) is 3.16. The summed E-state index contributed by atoms with van der Waals surface area (Å²) in [7, 11) is 0. The highest BCUT2D eigenvalue weighted by molar-refractivity contribution is 9.10. The molecule has 0 amide bonds. The maximum absolute atomic E-state index is 4.57. The summed E-state index contributed by atoms with van der Waals surface area (Å²) >= 11 is 5.31. The van der Waals surface area contributed by atoms with Gasteiger partial charge >= 0.3 is 0 Å². The Morgan fingerprint density at radius 3 is 2.94 bits per heavy atom. The summed E-state index contributed by atoms with van der Waals surface area (Å²) in [5, 5.41) is 2.12. The van der Waals surface area contributed by atoms with E-state index in [1.807, 2.05) is 12.1 Å². The van der Waals surface area contributed by atoms with Gasteiger partial charge in [0.2, 0.25) is 0 Å². The summed E-state index contributed by atoms with van der Waals surface area (Å²) in [4.78, 5) is 5.98. The molecule has 0 spiro atoms. The third kappa shape index (κ3) is 2.15. The van der Waals surface area contributed by atoms with Crippen molar-refractivity contribution in [3.8, 4) is 0 Å². The number of rotatable bonds is 3. The largest absolute Gasteiger partial charge is 0.303 e. The predicted molar refractivity (Wildman–Crippen MR) is 74.6 cm³/mol. The lowest BCUT2D eigenvalue weighted by atomic mass is 10.2. The molecule has 0 unspecified atom stereocenters. The molecular weight excluding hydrogens is 296 g/mol. The van der Waals surface area contributed by atoms with E-state index in [1.54, 1.807) is 11.3 Å². The quantitative estimate of drug-likeness (QED) is 0.716. The second-order valence-electron chi connectivity index (χ2n) is 3.85. The zero-order chi connectivity index (χ0) is 11.7. The number of thiophene rings is 1.